The normalized spacial score (nSPS) is 26.4. The van der Waals surface area contributed by atoms with Gasteiger partial charge in [0, 0.05) is 6.04 Å². The molecule has 2 heterocycles. The monoisotopic (exact) mass is 318 g/mol. The molecule has 1 atom stereocenters. The standard InChI is InChI=1S/C13H22N2O5S/c1-20-13(17)10-2-5-15(6-3-10)8-12(16)14-11-4-7-21(18,19)9-11/h10-11H,2-9H2,1H3,(H,14,16). The van der Waals surface area contributed by atoms with Gasteiger partial charge in [0.15, 0.2) is 9.84 Å². The van der Waals surface area contributed by atoms with Crippen molar-refractivity contribution in [2.45, 2.75) is 25.3 Å². The third-order valence-electron chi connectivity index (χ3n) is 4.09. The van der Waals surface area contributed by atoms with Crippen molar-refractivity contribution in [1.82, 2.24) is 10.2 Å². The molecule has 0 aromatic carbocycles. The molecule has 21 heavy (non-hydrogen) atoms. The summed E-state index contributed by atoms with van der Waals surface area (Å²) < 4.78 is 27.4. The van der Waals surface area contributed by atoms with Gasteiger partial charge in [-0.15, -0.1) is 0 Å². The van der Waals surface area contributed by atoms with Gasteiger partial charge in [0.05, 0.1) is 31.1 Å². The maximum Gasteiger partial charge on any atom is 0.308 e. The minimum absolute atomic E-state index is 0.0448. The number of nitrogens with one attached hydrogen (secondary N) is 1. The van der Waals surface area contributed by atoms with Gasteiger partial charge in [0.25, 0.3) is 0 Å². The zero-order chi connectivity index (χ0) is 15.5. The number of likely N-dealkylation sites (tertiary alicyclic amines) is 1. The van der Waals surface area contributed by atoms with Crippen LogP contribution in [0.1, 0.15) is 19.3 Å². The lowest BCUT2D eigenvalue weighted by Crippen LogP contribution is -2.45. The Kier molecular flexibility index (Phi) is 5.21. The Morgan fingerprint density at radius 1 is 1.24 bits per heavy atom. The molecule has 2 rings (SSSR count). The number of rotatable bonds is 4. The summed E-state index contributed by atoms with van der Waals surface area (Å²) in [4.78, 5) is 25.3. The summed E-state index contributed by atoms with van der Waals surface area (Å²) in [6.07, 6.45) is 1.88. The van der Waals surface area contributed by atoms with Crippen LogP contribution in [0.5, 0.6) is 0 Å². The molecule has 0 aromatic rings. The average molecular weight is 318 g/mol. The molecule has 8 heteroatoms. The molecule has 1 amide bonds. The fraction of sp³-hybridized carbons (Fsp3) is 0.846. The van der Waals surface area contributed by atoms with Crippen LogP contribution in [0.25, 0.3) is 0 Å². The second-order valence-corrected chi connectivity index (χ2v) is 7.97. The smallest absolute Gasteiger partial charge is 0.308 e. The number of nitrogens with zero attached hydrogens (tertiary/aromatic N) is 1. The van der Waals surface area contributed by atoms with E-state index in [9.17, 15) is 18.0 Å². The number of methoxy groups -OCH3 is 1. The Balaban J connectivity index is 1.71. The van der Waals surface area contributed by atoms with Crippen LogP contribution >= 0.6 is 0 Å². The van der Waals surface area contributed by atoms with Gasteiger partial charge < -0.3 is 10.1 Å². The van der Waals surface area contributed by atoms with E-state index in [2.05, 4.69) is 5.32 Å². The maximum absolute atomic E-state index is 11.9. The van der Waals surface area contributed by atoms with E-state index in [1.54, 1.807) is 0 Å². The third-order valence-corrected chi connectivity index (χ3v) is 5.85. The maximum atomic E-state index is 11.9. The molecule has 2 saturated heterocycles. The van der Waals surface area contributed by atoms with Gasteiger partial charge in [0.1, 0.15) is 0 Å². The summed E-state index contributed by atoms with van der Waals surface area (Å²) >= 11 is 0. The molecule has 2 fully saturated rings. The number of amides is 1. The summed E-state index contributed by atoms with van der Waals surface area (Å²) in [6.45, 7) is 1.61. The molecule has 2 aliphatic heterocycles. The van der Waals surface area contributed by atoms with Crippen molar-refractivity contribution in [2.75, 3.05) is 38.2 Å². The molecule has 1 unspecified atom stereocenters. The summed E-state index contributed by atoms with van der Waals surface area (Å²) in [5, 5.41) is 2.78. The highest BCUT2D eigenvalue weighted by molar-refractivity contribution is 7.91. The lowest BCUT2D eigenvalue weighted by Gasteiger charge is -2.30. The zero-order valence-electron chi connectivity index (χ0n) is 12.2. The predicted octanol–water partition coefficient (Wildman–Crippen LogP) is -0.825. The molecule has 0 aliphatic carbocycles. The average Bonchev–Trinajstić information content (AvgIpc) is 2.77. The Labute approximate surface area is 124 Å². The number of sulfone groups is 1. The highest BCUT2D eigenvalue weighted by atomic mass is 32.2. The first-order valence-corrected chi connectivity index (χ1v) is 9.02. The predicted molar refractivity (Wildman–Crippen MR) is 76.4 cm³/mol. The quantitative estimate of drug-likeness (QED) is 0.681. The minimum atomic E-state index is -2.97. The van der Waals surface area contributed by atoms with E-state index in [-0.39, 0.29) is 41.9 Å². The van der Waals surface area contributed by atoms with Gasteiger partial charge in [-0.1, -0.05) is 0 Å². The molecule has 2 aliphatic rings. The van der Waals surface area contributed by atoms with Crippen LogP contribution in [0.15, 0.2) is 0 Å². The number of hydrogen-bond donors (Lipinski definition) is 1. The van der Waals surface area contributed by atoms with Gasteiger partial charge in [-0.05, 0) is 32.4 Å². The van der Waals surface area contributed by atoms with Crippen molar-refractivity contribution in [1.29, 1.82) is 0 Å². The molecule has 1 N–H and O–H groups in total. The van der Waals surface area contributed by atoms with Crippen molar-refractivity contribution in [2.24, 2.45) is 5.92 Å². The number of carbonyl (C=O) groups is 2. The molecule has 7 nitrogen and oxygen atoms in total. The molecule has 0 bridgehead atoms. The number of ether oxygens (including phenoxy) is 1. The van der Waals surface area contributed by atoms with Gasteiger partial charge in [-0.3, -0.25) is 14.5 Å². The largest absolute Gasteiger partial charge is 0.469 e. The highest BCUT2D eigenvalue weighted by Gasteiger charge is 2.30. The minimum Gasteiger partial charge on any atom is -0.469 e. The Hall–Kier alpha value is -1.15. The van der Waals surface area contributed by atoms with Crippen LogP contribution in [0.2, 0.25) is 0 Å². The fourth-order valence-corrected chi connectivity index (χ4v) is 4.55. The van der Waals surface area contributed by atoms with E-state index in [1.165, 1.54) is 7.11 Å². The molecule has 0 saturated carbocycles. The Morgan fingerprint density at radius 2 is 1.90 bits per heavy atom. The van der Waals surface area contributed by atoms with Crippen molar-refractivity contribution < 1.29 is 22.7 Å². The van der Waals surface area contributed by atoms with E-state index < -0.39 is 9.84 Å². The first kappa shape index (κ1) is 16.2. The topological polar surface area (TPSA) is 92.8 Å². The second kappa shape index (κ2) is 6.74. The van der Waals surface area contributed by atoms with Crippen LogP contribution in [0.4, 0.5) is 0 Å². The van der Waals surface area contributed by atoms with Gasteiger partial charge >= 0.3 is 5.97 Å². The van der Waals surface area contributed by atoms with E-state index in [0.717, 1.165) is 0 Å². The molecule has 120 valence electrons. The van der Waals surface area contributed by atoms with Crippen molar-refractivity contribution in [3.63, 3.8) is 0 Å². The molecular formula is C13H22N2O5S. The van der Waals surface area contributed by atoms with Crippen LogP contribution in [0, 0.1) is 5.92 Å². The Bertz CT molecular complexity index is 497. The van der Waals surface area contributed by atoms with Gasteiger partial charge in [-0.25, -0.2) is 8.42 Å². The molecule has 0 radical (unpaired) electrons. The lowest BCUT2D eigenvalue weighted by atomic mass is 9.97. The molecule has 0 aromatic heterocycles. The summed E-state index contributed by atoms with van der Waals surface area (Å²) in [5.74, 6) is -0.204. The van der Waals surface area contributed by atoms with Crippen LogP contribution < -0.4 is 5.32 Å². The van der Waals surface area contributed by atoms with E-state index in [0.29, 0.717) is 32.4 Å². The summed E-state index contributed by atoms with van der Waals surface area (Å²) in [6, 6.07) is -0.255. The van der Waals surface area contributed by atoms with E-state index >= 15 is 0 Å². The van der Waals surface area contributed by atoms with Gasteiger partial charge in [-0.2, -0.15) is 0 Å². The van der Waals surface area contributed by atoms with Gasteiger partial charge in [0.2, 0.25) is 5.91 Å². The van der Waals surface area contributed by atoms with Crippen molar-refractivity contribution >= 4 is 21.7 Å². The van der Waals surface area contributed by atoms with Crippen LogP contribution in [0.3, 0.4) is 0 Å². The zero-order valence-corrected chi connectivity index (χ0v) is 13.0. The van der Waals surface area contributed by atoms with E-state index in [4.69, 9.17) is 4.74 Å². The summed E-state index contributed by atoms with van der Waals surface area (Å²) in [5.41, 5.74) is 0. The second-order valence-electron chi connectivity index (χ2n) is 5.74. The first-order chi connectivity index (χ1) is 9.89. The number of esters is 1. The van der Waals surface area contributed by atoms with Crippen molar-refractivity contribution in [3.8, 4) is 0 Å². The van der Waals surface area contributed by atoms with Crippen LogP contribution in [-0.4, -0.2) is 69.5 Å². The summed E-state index contributed by atoms with van der Waals surface area (Å²) in [7, 11) is -1.59. The number of hydrogen-bond acceptors (Lipinski definition) is 6. The lowest BCUT2D eigenvalue weighted by molar-refractivity contribution is -0.147. The molecule has 0 spiro atoms. The fourth-order valence-electron chi connectivity index (χ4n) is 2.88. The highest BCUT2D eigenvalue weighted by Crippen LogP contribution is 2.18. The Morgan fingerprint density at radius 3 is 2.43 bits per heavy atom. The third kappa shape index (κ3) is 4.67. The van der Waals surface area contributed by atoms with Crippen LogP contribution in [-0.2, 0) is 24.2 Å². The number of piperidine rings is 1. The first-order valence-electron chi connectivity index (χ1n) is 7.19. The van der Waals surface area contributed by atoms with Crippen molar-refractivity contribution in [3.05, 3.63) is 0 Å². The SMILES string of the molecule is COC(=O)C1CCN(CC(=O)NC2CCS(=O)(=O)C2)CC1. The molecular weight excluding hydrogens is 296 g/mol. The van der Waals surface area contributed by atoms with E-state index in [1.807, 2.05) is 4.90 Å². The number of carbonyl (C=O) groups excluding carboxylic acids is 2.